The molecular weight excluding hydrogens is 1310 g/mol. The topological polar surface area (TPSA) is 237 Å². The third-order valence-corrected chi connectivity index (χ3v) is 20.9. The standard InChI is InChI=1S/C81H158O17P2/c1-7-9-11-13-15-17-19-21-22-23-24-25-26-27-28-34-41-47-53-59-65-80(85)97-76(69-92-79(84)64-58-52-46-40-33-30-29-31-37-43-49-55-61-73(3)4)71-95-99(87,88)93-67-75(82)68-94-100(89,90)96-72-77(70-91-78(83)63-57-51-45-39-32-20-18-16-14-12-10-8-2)98-81(86)66-60-54-48-42-36-35-38-44-50-56-62-74(5)6/h73-77,82H,7-72H2,1-6H3,(H,87,88)(H,89,90)/t75-,76-,77-/m1/s1. The van der Waals surface area contributed by atoms with Crippen molar-refractivity contribution in [1.29, 1.82) is 0 Å². The van der Waals surface area contributed by atoms with E-state index >= 15 is 0 Å². The van der Waals surface area contributed by atoms with Gasteiger partial charge in [-0.15, -0.1) is 0 Å². The Morgan fingerprint density at radius 1 is 0.270 bits per heavy atom. The van der Waals surface area contributed by atoms with Gasteiger partial charge in [-0.25, -0.2) is 9.13 Å². The summed E-state index contributed by atoms with van der Waals surface area (Å²) in [5, 5.41) is 10.6. The zero-order valence-electron chi connectivity index (χ0n) is 65.5. The molecule has 2 unspecified atom stereocenters. The molecular formula is C81H158O17P2. The smallest absolute Gasteiger partial charge is 0.462 e. The van der Waals surface area contributed by atoms with E-state index in [1.54, 1.807) is 0 Å². The number of hydrogen-bond acceptors (Lipinski definition) is 15. The van der Waals surface area contributed by atoms with E-state index in [1.165, 1.54) is 244 Å². The molecule has 0 rings (SSSR count). The molecule has 0 aromatic rings. The summed E-state index contributed by atoms with van der Waals surface area (Å²) < 4.78 is 68.7. The molecule has 100 heavy (non-hydrogen) atoms. The van der Waals surface area contributed by atoms with Gasteiger partial charge in [0, 0.05) is 25.7 Å². The Hall–Kier alpha value is -1.94. The molecule has 0 aromatic carbocycles. The summed E-state index contributed by atoms with van der Waals surface area (Å²) in [5.41, 5.74) is 0. The molecule has 17 nitrogen and oxygen atoms in total. The van der Waals surface area contributed by atoms with E-state index in [2.05, 4.69) is 41.5 Å². The van der Waals surface area contributed by atoms with Crippen LogP contribution >= 0.6 is 15.6 Å². The van der Waals surface area contributed by atoms with Gasteiger partial charge in [-0.2, -0.15) is 0 Å². The normalized spacial score (nSPS) is 13.9. The van der Waals surface area contributed by atoms with Gasteiger partial charge in [0.1, 0.15) is 19.3 Å². The van der Waals surface area contributed by atoms with Crippen molar-refractivity contribution in [2.75, 3.05) is 39.6 Å². The van der Waals surface area contributed by atoms with E-state index in [-0.39, 0.29) is 25.7 Å². The number of aliphatic hydroxyl groups is 1. The highest BCUT2D eigenvalue weighted by atomic mass is 31.2. The summed E-state index contributed by atoms with van der Waals surface area (Å²) in [5.74, 6) is -0.574. The lowest BCUT2D eigenvalue weighted by atomic mass is 10.0. The quantitative estimate of drug-likeness (QED) is 0.0222. The molecule has 594 valence electrons. The fraction of sp³-hybridized carbons (Fsp3) is 0.951. The lowest BCUT2D eigenvalue weighted by molar-refractivity contribution is -0.161. The van der Waals surface area contributed by atoms with Crippen LogP contribution in [0.1, 0.15) is 427 Å². The molecule has 0 amide bonds. The third-order valence-electron chi connectivity index (χ3n) is 19.0. The van der Waals surface area contributed by atoms with E-state index in [4.69, 9.17) is 37.0 Å². The largest absolute Gasteiger partial charge is 0.472 e. The van der Waals surface area contributed by atoms with Crippen LogP contribution in [0.5, 0.6) is 0 Å². The van der Waals surface area contributed by atoms with Crippen molar-refractivity contribution in [3.8, 4) is 0 Å². The van der Waals surface area contributed by atoms with Gasteiger partial charge in [0.05, 0.1) is 26.4 Å². The molecule has 0 aliphatic rings. The Kier molecular flexibility index (Phi) is 71.2. The molecule has 3 N–H and O–H groups in total. The number of rotatable bonds is 80. The summed E-state index contributed by atoms with van der Waals surface area (Å²) in [7, 11) is -9.92. The van der Waals surface area contributed by atoms with Gasteiger partial charge < -0.3 is 33.8 Å². The average molecular weight is 1470 g/mol. The van der Waals surface area contributed by atoms with Gasteiger partial charge in [0.15, 0.2) is 12.2 Å². The minimum atomic E-state index is -4.96. The summed E-state index contributed by atoms with van der Waals surface area (Å²) in [6.45, 7) is 9.64. The maximum Gasteiger partial charge on any atom is 0.472 e. The molecule has 0 fully saturated rings. The first-order valence-electron chi connectivity index (χ1n) is 42.0. The van der Waals surface area contributed by atoms with E-state index < -0.39 is 97.5 Å². The summed E-state index contributed by atoms with van der Waals surface area (Å²) in [6.07, 6.45) is 62.4. The molecule has 19 heteroatoms. The second-order valence-corrected chi connectivity index (χ2v) is 33.0. The number of ether oxygens (including phenoxy) is 4. The number of hydrogen-bond donors (Lipinski definition) is 3. The number of phosphoric ester groups is 2. The van der Waals surface area contributed by atoms with Crippen LogP contribution in [-0.2, 0) is 65.4 Å². The van der Waals surface area contributed by atoms with E-state index in [0.29, 0.717) is 25.7 Å². The van der Waals surface area contributed by atoms with Crippen LogP contribution in [-0.4, -0.2) is 96.7 Å². The average Bonchev–Trinajstić information content (AvgIpc) is 0.959. The number of carbonyl (C=O) groups excluding carboxylic acids is 4. The van der Waals surface area contributed by atoms with Gasteiger partial charge in [-0.3, -0.25) is 37.3 Å². The number of aliphatic hydroxyl groups excluding tert-OH is 1. The molecule has 0 aliphatic carbocycles. The van der Waals surface area contributed by atoms with Crippen molar-refractivity contribution in [2.45, 2.75) is 445 Å². The number of unbranched alkanes of at least 4 members (excludes halogenated alkanes) is 50. The first-order valence-corrected chi connectivity index (χ1v) is 45.0. The molecule has 0 saturated carbocycles. The molecule has 5 atom stereocenters. The van der Waals surface area contributed by atoms with Crippen molar-refractivity contribution < 1.29 is 80.2 Å². The molecule has 0 spiro atoms. The van der Waals surface area contributed by atoms with Gasteiger partial charge in [-0.1, -0.05) is 375 Å². The Morgan fingerprint density at radius 3 is 0.680 bits per heavy atom. The predicted octanol–water partition coefficient (Wildman–Crippen LogP) is 24.3. The summed E-state index contributed by atoms with van der Waals surface area (Å²) >= 11 is 0. The molecule has 0 saturated heterocycles. The second-order valence-electron chi connectivity index (χ2n) is 30.1. The van der Waals surface area contributed by atoms with Crippen LogP contribution in [0.3, 0.4) is 0 Å². The van der Waals surface area contributed by atoms with Crippen LogP contribution < -0.4 is 0 Å². The number of phosphoric acid groups is 2. The highest BCUT2D eigenvalue weighted by Crippen LogP contribution is 2.45. The predicted molar refractivity (Wildman–Crippen MR) is 409 cm³/mol. The minimum Gasteiger partial charge on any atom is -0.462 e. The fourth-order valence-electron chi connectivity index (χ4n) is 12.5. The maximum atomic E-state index is 13.1. The minimum absolute atomic E-state index is 0.106. The van der Waals surface area contributed by atoms with E-state index in [0.717, 1.165) is 102 Å². The van der Waals surface area contributed by atoms with Gasteiger partial charge >= 0.3 is 39.5 Å². The van der Waals surface area contributed by atoms with Crippen molar-refractivity contribution in [3.63, 3.8) is 0 Å². The number of esters is 4. The van der Waals surface area contributed by atoms with E-state index in [9.17, 15) is 43.2 Å². The van der Waals surface area contributed by atoms with Crippen LogP contribution in [0.25, 0.3) is 0 Å². The molecule has 0 radical (unpaired) electrons. The third kappa shape index (κ3) is 74.3. The second kappa shape index (κ2) is 72.6. The first-order chi connectivity index (χ1) is 48.4. The van der Waals surface area contributed by atoms with Gasteiger partial charge in [0.25, 0.3) is 0 Å². The van der Waals surface area contributed by atoms with Crippen LogP contribution in [0.2, 0.25) is 0 Å². The van der Waals surface area contributed by atoms with Crippen molar-refractivity contribution in [3.05, 3.63) is 0 Å². The Labute approximate surface area is 613 Å². The highest BCUT2D eigenvalue weighted by molar-refractivity contribution is 7.47. The molecule has 0 aromatic heterocycles. The van der Waals surface area contributed by atoms with Crippen molar-refractivity contribution in [2.24, 2.45) is 11.8 Å². The van der Waals surface area contributed by atoms with Crippen molar-refractivity contribution >= 4 is 39.5 Å². The summed E-state index contributed by atoms with van der Waals surface area (Å²) in [6, 6.07) is 0. The molecule has 0 aliphatic heterocycles. The lowest BCUT2D eigenvalue weighted by Gasteiger charge is -2.21. The van der Waals surface area contributed by atoms with Gasteiger partial charge in [-0.05, 0) is 37.5 Å². The Morgan fingerprint density at radius 2 is 0.460 bits per heavy atom. The maximum absolute atomic E-state index is 13.1. The monoisotopic (exact) mass is 1470 g/mol. The zero-order valence-corrected chi connectivity index (χ0v) is 67.3. The molecule has 0 heterocycles. The zero-order chi connectivity index (χ0) is 73.5. The number of carbonyl (C=O) groups is 4. The summed E-state index contributed by atoms with van der Waals surface area (Å²) in [4.78, 5) is 73.0. The Bertz CT molecular complexity index is 1920. The fourth-order valence-corrected chi connectivity index (χ4v) is 14.1. The SMILES string of the molecule is CCCCCCCCCCCCCCCCCCCCCCC(=O)O[C@H](COC(=O)CCCCCCCCCCCCCCC(C)C)COP(=O)(O)OC[C@@H](O)COP(=O)(O)OC[C@@H](COC(=O)CCCCCCCCCCCCCC)OC(=O)CCCCCCCCCCCCC(C)C. The lowest BCUT2D eigenvalue weighted by Crippen LogP contribution is -2.30. The highest BCUT2D eigenvalue weighted by Gasteiger charge is 2.30. The van der Waals surface area contributed by atoms with Crippen LogP contribution in [0, 0.1) is 11.8 Å². The van der Waals surface area contributed by atoms with Gasteiger partial charge in [0.2, 0.25) is 0 Å². The Balaban J connectivity index is 5.24. The first kappa shape index (κ1) is 98.1. The van der Waals surface area contributed by atoms with E-state index in [1.807, 2.05) is 0 Å². The van der Waals surface area contributed by atoms with Crippen LogP contribution in [0.15, 0.2) is 0 Å². The van der Waals surface area contributed by atoms with Crippen molar-refractivity contribution in [1.82, 2.24) is 0 Å². The molecule has 0 bridgehead atoms. The van der Waals surface area contributed by atoms with Crippen LogP contribution in [0.4, 0.5) is 0 Å².